The first-order chi connectivity index (χ1) is 16.2. The lowest BCUT2D eigenvalue weighted by molar-refractivity contribution is -0.122. The summed E-state index contributed by atoms with van der Waals surface area (Å²) in [7, 11) is 0. The minimum atomic E-state index is -0.426. The summed E-state index contributed by atoms with van der Waals surface area (Å²) in [4.78, 5) is 27.0. The van der Waals surface area contributed by atoms with Gasteiger partial charge in [-0.1, -0.05) is 43.6 Å². The van der Waals surface area contributed by atoms with Gasteiger partial charge < -0.3 is 15.0 Å². The van der Waals surface area contributed by atoms with Gasteiger partial charge in [0, 0.05) is 29.4 Å². The van der Waals surface area contributed by atoms with E-state index in [0.29, 0.717) is 34.6 Å². The van der Waals surface area contributed by atoms with Gasteiger partial charge in [0.05, 0.1) is 5.92 Å². The van der Waals surface area contributed by atoms with Crippen molar-refractivity contribution in [3.8, 4) is 11.5 Å². The molecule has 176 valence electrons. The van der Waals surface area contributed by atoms with Crippen LogP contribution in [0.5, 0.6) is 11.5 Å². The van der Waals surface area contributed by atoms with E-state index in [4.69, 9.17) is 16.3 Å². The van der Waals surface area contributed by atoms with Crippen LogP contribution in [0.2, 0.25) is 5.02 Å². The zero-order chi connectivity index (χ0) is 24.4. The number of hydrogen-bond acceptors (Lipinski definition) is 3. The molecule has 1 atom stereocenters. The molecular weight excluding hydrogens is 448 g/mol. The van der Waals surface area contributed by atoms with E-state index >= 15 is 0 Å². The molecule has 6 heteroatoms. The number of ether oxygens (including phenoxy) is 1. The predicted molar refractivity (Wildman–Crippen MR) is 137 cm³/mol. The lowest BCUT2D eigenvalue weighted by atomic mass is 10.0. The highest BCUT2D eigenvalue weighted by atomic mass is 35.5. The number of aryl methyl sites for hydroxylation is 2. The highest BCUT2D eigenvalue weighted by Gasteiger charge is 2.35. The van der Waals surface area contributed by atoms with E-state index in [1.165, 1.54) is 0 Å². The molecule has 2 amide bonds. The maximum Gasteiger partial charge on any atom is 0.229 e. The maximum absolute atomic E-state index is 12.8. The van der Waals surface area contributed by atoms with Crippen LogP contribution in [0, 0.1) is 19.8 Å². The second-order valence-electron chi connectivity index (χ2n) is 9.15. The first-order valence-corrected chi connectivity index (χ1v) is 11.8. The van der Waals surface area contributed by atoms with Crippen molar-refractivity contribution in [2.45, 2.75) is 40.0 Å². The molecule has 0 unspecified atom stereocenters. The average molecular weight is 477 g/mol. The number of amides is 2. The monoisotopic (exact) mass is 476 g/mol. The van der Waals surface area contributed by atoms with Gasteiger partial charge in [0.15, 0.2) is 0 Å². The number of rotatable bonds is 6. The quantitative estimate of drug-likeness (QED) is 0.422. The fourth-order valence-electron chi connectivity index (χ4n) is 4.07. The Morgan fingerprint density at radius 2 is 1.79 bits per heavy atom. The summed E-state index contributed by atoms with van der Waals surface area (Å²) in [6.07, 6.45) is 0.170. The molecule has 4 rings (SSSR count). The van der Waals surface area contributed by atoms with E-state index in [-0.39, 0.29) is 18.2 Å². The van der Waals surface area contributed by atoms with Crippen LogP contribution in [0.3, 0.4) is 0 Å². The highest BCUT2D eigenvalue weighted by Crippen LogP contribution is 2.33. The molecule has 34 heavy (non-hydrogen) atoms. The molecule has 1 saturated heterocycles. The summed E-state index contributed by atoms with van der Waals surface area (Å²) >= 11 is 6.21. The maximum atomic E-state index is 12.8. The predicted octanol–water partition coefficient (Wildman–Crippen LogP) is 6.86. The normalized spacial score (nSPS) is 15.6. The average Bonchev–Trinajstić information content (AvgIpc) is 3.18. The fraction of sp³-hybridized carbons (Fsp3) is 0.286. The lowest BCUT2D eigenvalue weighted by Gasteiger charge is -2.17. The molecule has 0 bridgehead atoms. The summed E-state index contributed by atoms with van der Waals surface area (Å²) < 4.78 is 6.13. The molecule has 0 aromatic heterocycles. The van der Waals surface area contributed by atoms with Crippen molar-refractivity contribution in [1.82, 2.24) is 0 Å². The summed E-state index contributed by atoms with van der Waals surface area (Å²) in [5.74, 6) is 1.20. The van der Waals surface area contributed by atoms with Gasteiger partial charge >= 0.3 is 0 Å². The summed E-state index contributed by atoms with van der Waals surface area (Å²) in [5, 5.41) is 3.53. The Kier molecular flexibility index (Phi) is 6.94. The molecule has 0 radical (unpaired) electrons. The molecule has 1 aliphatic heterocycles. The van der Waals surface area contributed by atoms with Gasteiger partial charge in [0.1, 0.15) is 11.5 Å². The Morgan fingerprint density at radius 3 is 2.47 bits per heavy atom. The second kappa shape index (κ2) is 9.90. The number of hydrogen-bond donors (Lipinski definition) is 1. The molecule has 0 saturated carbocycles. The van der Waals surface area contributed by atoms with Crippen LogP contribution in [-0.2, 0) is 9.59 Å². The molecular formula is C28H29ClN2O3. The van der Waals surface area contributed by atoms with E-state index in [1.54, 1.807) is 11.0 Å². The van der Waals surface area contributed by atoms with Gasteiger partial charge in [0.25, 0.3) is 0 Å². The molecule has 0 aliphatic carbocycles. The number of halogens is 1. The zero-order valence-corrected chi connectivity index (χ0v) is 20.6. The Morgan fingerprint density at radius 1 is 1.06 bits per heavy atom. The van der Waals surface area contributed by atoms with Crippen molar-refractivity contribution in [2.24, 2.45) is 5.92 Å². The minimum Gasteiger partial charge on any atom is -0.457 e. The van der Waals surface area contributed by atoms with Crippen LogP contribution in [0.25, 0.3) is 0 Å². The van der Waals surface area contributed by atoms with Crippen LogP contribution in [0.4, 0.5) is 11.4 Å². The van der Waals surface area contributed by atoms with Crippen LogP contribution in [0.15, 0.2) is 60.7 Å². The van der Waals surface area contributed by atoms with Gasteiger partial charge in [-0.3, -0.25) is 9.59 Å². The van der Waals surface area contributed by atoms with Crippen molar-refractivity contribution >= 4 is 34.8 Å². The molecule has 0 spiro atoms. The number of carbonyl (C=O) groups excluding carboxylic acids is 2. The van der Waals surface area contributed by atoms with E-state index in [2.05, 4.69) is 31.3 Å². The molecule has 1 N–H and O–H groups in total. The van der Waals surface area contributed by atoms with E-state index in [9.17, 15) is 9.59 Å². The summed E-state index contributed by atoms with van der Waals surface area (Å²) in [6.45, 7) is 8.56. The van der Waals surface area contributed by atoms with Crippen molar-refractivity contribution < 1.29 is 14.3 Å². The Hall–Kier alpha value is -3.31. The molecule has 3 aromatic carbocycles. The number of nitrogens with zero attached hydrogens (tertiary/aromatic N) is 1. The number of anilines is 2. The van der Waals surface area contributed by atoms with Gasteiger partial charge in [-0.2, -0.15) is 0 Å². The van der Waals surface area contributed by atoms with Crippen LogP contribution < -0.4 is 15.0 Å². The number of nitrogens with one attached hydrogen (secondary N) is 1. The number of benzene rings is 3. The van der Waals surface area contributed by atoms with Crippen molar-refractivity contribution in [1.29, 1.82) is 0 Å². The van der Waals surface area contributed by atoms with E-state index < -0.39 is 5.92 Å². The molecule has 1 heterocycles. The summed E-state index contributed by atoms with van der Waals surface area (Å²) in [5.41, 5.74) is 4.61. The first-order valence-electron chi connectivity index (χ1n) is 11.5. The zero-order valence-electron chi connectivity index (χ0n) is 19.9. The molecule has 1 aliphatic rings. The molecule has 1 fully saturated rings. The molecule has 5 nitrogen and oxygen atoms in total. The Labute approximate surface area is 205 Å². The third-order valence-electron chi connectivity index (χ3n) is 6.10. The third kappa shape index (κ3) is 5.26. The van der Waals surface area contributed by atoms with Crippen LogP contribution in [0.1, 0.15) is 42.9 Å². The molecule has 3 aromatic rings. The van der Waals surface area contributed by atoms with E-state index in [1.807, 2.05) is 56.3 Å². The van der Waals surface area contributed by atoms with Gasteiger partial charge in [-0.15, -0.1) is 0 Å². The SMILES string of the molecule is Cc1ccc(C(C)C)c(Oc2ccc(NC(=O)[C@H]3CC(=O)N(c4ccc(C)c(Cl)c4)C3)cc2)c1. The van der Waals surface area contributed by atoms with Crippen molar-refractivity contribution in [3.05, 3.63) is 82.4 Å². The third-order valence-corrected chi connectivity index (χ3v) is 6.51. The first kappa shape index (κ1) is 23.8. The highest BCUT2D eigenvalue weighted by molar-refractivity contribution is 6.31. The fourth-order valence-corrected chi connectivity index (χ4v) is 4.24. The second-order valence-corrected chi connectivity index (χ2v) is 9.56. The van der Waals surface area contributed by atoms with Gasteiger partial charge in [-0.25, -0.2) is 0 Å². The van der Waals surface area contributed by atoms with Crippen LogP contribution in [-0.4, -0.2) is 18.4 Å². The Bertz CT molecular complexity index is 1220. The summed E-state index contributed by atoms with van der Waals surface area (Å²) in [6, 6.07) is 19.0. The van der Waals surface area contributed by atoms with Crippen molar-refractivity contribution in [3.63, 3.8) is 0 Å². The smallest absolute Gasteiger partial charge is 0.229 e. The van der Waals surface area contributed by atoms with Gasteiger partial charge in [0.2, 0.25) is 11.8 Å². The standard InChI is InChI=1S/C28H29ClN2O3/c1-17(2)24-12-5-18(3)13-26(24)34-23-10-7-21(8-11-23)30-28(33)20-14-27(32)31(16-20)22-9-6-19(4)25(29)15-22/h5-13,15,17,20H,14,16H2,1-4H3,(H,30,33)/t20-/m0/s1. The van der Waals surface area contributed by atoms with Gasteiger partial charge in [-0.05, 0) is 78.9 Å². The van der Waals surface area contributed by atoms with Crippen molar-refractivity contribution in [2.75, 3.05) is 16.8 Å². The lowest BCUT2D eigenvalue weighted by Crippen LogP contribution is -2.28. The largest absolute Gasteiger partial charge is 0.457 e. The Balaban J connectivity index is 1.40. The van der Waals surface area contributed by atoms with Crippen LogP contribution >= 0.6 is 11.6 Å². The topological polar surface area (TPSA) is 58.6 Å². The number of carbonyl (C=O) groups is 2. The van der Waals surface area contributed by atoms with E-state index in [0.717, 1.165) is 22.4 Å². The minimum absolute atomic E-state index is 0.0806.